The van der Waals surface area contributed by atoms with Crippen molar-refractivity contribution in [2.75, 3.05) is 6.61 Å². The lowest BCUT2D eigenvalue weighted by Gasteiger charge is -2.04. The molecule has 0 aromatic carbocycles. The first kappa shape index (κ1) is 11.3. The predicted octanol–water partition coefficient (Wildman–Crippen LogP) is 2.23. The van der Waals surface area contributed by atoms with Gasteiger partial charge in [0, 0.05) is 0 Å². The Morgan fingerprint density at radius 1 is 1.58 bits per heavy atom. The third kappa shape index (κ3) is 3.13. The average Bonchev–Trinajstić information content (AvgIpc) is 1.85. The number of ether oxygens (including phenoxy) is 1. The number of carbonyl (C=O) groups is 1. The third-order valence-corrected chi connectivity index (χ3v) is 1.14. The molecule has 1 unspecified atom stereocenters. The minimum atomic E-state index is -2.53. The molecular formula is C6H6ClF3O2. The van der Waals surface area contributed by atoms with Crippen molar-refractivity contribution >= 4 is 17.6 Å². The van der Waals surface area contributed by atoms with E-state index in [2.05, 4.69) is 16.3 Å². The highest BCUT2D eigenvalue weighted by Crippen LogP contribution is 2.19. The van der Waals surface area contributed by atoms with Crippen molar-refractivity contribution in [3.8, 4) is 0 Å². The molecular weight excluding hydrogens is 197 g/mol. The van der Waals surface area contributed by atoms with Crippen molar-refractivity contribution in [1.82, 2.24) is 0 Å². The third-order valence-electron chi connectivity index (χ3n) is 0.917. The van der Waals surface area contributed by atoms with Gasteiger partial charge in [0.25, 0.3) is 6.08 Å². The van der Waals surface area contributed by atoms with Crippen LogP contribution >= 0.6 is 11.6 Å². The first-order valence-corrected chi connectivity index (χ1v) is 3.44. The molecule has 0 saturated heterocycles. The maximum Gasteiger partial charge on any atom is 0.343 e. The van der Waals surface area contributed by atoms with E-state index in [1.807, 2.05) is 0 Å². The molecule has 70 valence electrons. The van der Waals surface area contributed by atoms with Gasteiger partial charge in [0.2, 0.25) is 5.63 Å². The zero-order valence-corrected chi connectivity index (χ0v) is 6.87. The first-order chi connectivity index (χ1) is 5.50. The van der Waals surface area contributed by atoms with E-state index in [1.165, 1.54) is 6.92 Å². The Morgan fingerprint density at radius 2 is 2.08 bits per heavy atom. The molecule has 0 aliphatic carbocycles. The van der Waals surface area contributed by atoms with E-state index in [4.69, 9.17) is 0 Å². The van der Waals surface area contributed by atoms with E-state index in [-0.39, 0.29) is 6.61 Å². The van der Waals surface area contributed by atoms with Gasteiger partial charge in [-0.05, 0) is 6.92 Å². The Bertz CT molecular complexity index is 199. The highest BCUT2D eigenvalue weighted by atomic mass is 35.5. The van der Waals surface area contributed by atoms with Crippen LogP contribution in [-0.2, 0) is 9.53 Å². The highest BCUT2D eigenvalue weighted by molar-refractivity contribution is 6.24. The first-order valence-electron chi connectivity index (χ1n) is 3.01. The van der Waals surface area contributed by atoms with Gasteiger partial charge in [-0.25, -0.2) is 9.18 Å². The second-order valence-electron chi connectivity index (χ2n) is 1.70. The second kappa shape index (κ2) is 5.03. The molecule has 0 radical (unpaired) electrons. The lowest BCUT2D eigenvalue weighted by atomic mass is 10.3. The molecule has 0 aliphatic rings. The molecule has 0 spiro atoms. The van der Waals surface area contributed by atoms with Crippen LogP contribution < -0.4 is 0 Å². The Morgan fingerprint density at radius 3 is 2.33 bits per heavy atom. The largest absolute Gasteiger partial charge is 0.462 e. The van der Waals surface area contributed by atoms with Gasteiger partial charge in [0.05, 0.1) is 6.61 Å². The normalized spacial score (nSPS) is 12.1. The van der Waals surface area contributed by atoms with Crippen LogP contribution in [0.4, 0.5) is 13.2 Å². The summed E-state index contributed by atoms with van der Waals surface area (Å²) in [6.45, 7) is 1.30. The van der Waals surface area contributed by atoms with Crippen molar-refractivity contribution in [2.24, 2.45) is 0 Å². The number of rotatable bonds is 3. The van der Waals surface area contributed by atoms with E-state index < -0.39 is 23.3 Å². The smallest absolute Gasteiger partial charge is 0.343 e. The molecule has 0 heterocycles. The lowest BCUT2D eigenvalue weighted by Crippen LogP contribution is -2.14. The SMILES string of the molecule is CCOC(=O)C(=C(F)F)C(F)Cl. The fraction of sp³-hybridized carbons (Fsp3) is 0.500. The summed E-state index contributed by atoms with van der Waals surface area (Å²) in [6.07, 6.45) is -2.46. The van der Waals surface area contributed by atoms with Crippen molar-refractivity contribution in [2.45, 2.75) is 12.6 Å². The van der Waals surface area contributed by atoms with E-state index in [1.54, 1.807) is 0 Å². The van der Waals surface area contributed by atoms with Crippen molar-refractivity contribution in [3.05, 3.63) is 11.7 Å². The summed E-state index contributed by atoms with van der Waals surface area (Å²) in [4.78, 5) is 10.5. The van der Waals surface area contributed by atoms with Gasteiger partial charge >= 0.3 is 5.97 Å². The summed E-state index contributed by atoms with van der Waals surface area (Å²) < 4.78 is 39.8. The van der Waals surface area contributed by atoms with Gasteiger partial charge in [-0.2, -0.15) is 8.78 Å². The fourth-order valence-corrected chi connectivity index (χ4v) is 0.629. The standard InChI is InChI=1S/C6H6ClF3O2/c1-2-12-6(11)3(4(7)8)5(9)10/h4H,2H2,1H3. The molecule has 0 aromatic heterocycles. The minimum Gasteiger partial charge on any atom is -0.462 e. The Labute approximate surface area is 71.9 Å². The second-order valence-corrected chi connectivity index (χ2v) is 2.08. The Balaban J connectivity index is 4.55. The van der Waals surface area contributed by atoms with Gasteiger partial charge < -0.3 is 4.74 Å². The van der Waals surface area contributed by atoms with Crippen molar-refractivity contribution in [3.63, 3.8) is 0 Å². The number of esters is 1. The van der Waals surface area contributed by atoms with Crippen LogP contribution in [0.2, 0.25) is 0 Å². The molecule has 2 nitrogen and oxygen atoms in total. The van der Waals surface area contributed by atoms with E-state index in [0.29, 0.717) is 0 Å². The maximum atomic E-state index is 12.1. The van der Waals surface area contributed by atoms with Crippen LogP contribution in [0.15, 0.2) is 11.7 Å². The summed E-state index contributed by atoms with van der Waals surface area (Å²) in [5.74, 6) is -1.43. The van der Waals surface area contributed by atoms with Gasteiger partial charge in [-0.15, -0.1) is 0 Å². The summed E-state index contributed by atoms with van der Waals surface area (Å²) in [5, 5.41) is 0. The monoisotopic (exact) mass is 202 g/mol. The highest BCUT2D eigenvalue weighted by Gasteiger charge is 2.25. The molecule has 6 heteroatoms. The van der Waals surface area contributed by atoms with Crippen LogP contribution in [0.3, 0.4) is 0 Å². The Hall–Kier alpha value is -0.710. The topological polar surface area (TPSA) is 26.3 Å². The van der Waals surface area contributed by atoms with Crippen LogP contribution in [0, 0.1) is 0 Å². The van der Waals surface area contributed by atoms with Crippen LogP contribution in [0.25, 0.3) is 0 Å². The van der Waals surface area contributed by atoms with Gasteiger partial charge in [0.1, 0.15) is 0 Å². The molecule has 0 fully saturated rings. The van der Waals surface area contributed by atoms with E-state index in [0.717, 1.165) is 0 Å². The number of halogens is 4. The zero-order valence-electron chi connectivity index (χ0n) is 6.11. The summed E-state index contributed by atoms with van der Waals surface area (Å²) in [7, 11) is 0. The molecule has 0 aliphatic heterocycles. The van der Waals surface area contributed by atoms with Gasteiger partial charge in [-0.1, -0.05) is 11.6 Å². The Kier molecular flexibility index (Phi) is 4.73. The predicted molar refractivity (Wildman–Crippen MR) is 36.6 cm³/mol. The molecule has 0 bridgehead atoms. The molecule has 1 atom stereocenters. The van der Waals surface area contributed by atoms with Gasteiger partial charge in [0.15, 0.2) is 5.57 Å². The number of hydrogen-bond donors (Lipinski definition) is 0. The lowest BCUT2D eigenvalue weighted by molar-refractivity contribution is -0.139. The van der Waals surface area contributed by atoms with Crippen molar-refractivity contribution < 1.29 is 22.7 Å². The summed E-state index contributed by atoms with van der Waals surface area (Å²) in [6, 6.07) is 0. The quantitative estimate of drug-likeness (QED) is 0.399. The number of alkyl halides is 2. The fourth-order valence-electron chi connectivity index (χ4n) is 0.458. The average molecular weight is 203 g/mol. The molecule has 0 amide bonds. The maximum absolute atomic E-state index is 12.1. The van der Waals surface area contributed by atoms with E-state index >= 15 is 0 Å². The zero-order chi connectivity index (χ0) is 9.72. The molecule has 12 heavy (non-hydrogen) atoms. The minimum absolute atomic E-state index is 0.112. The van der Waals surface area contributed by atoms with E-state index in [9.17, 15) is 18.0 Å². The molecule has 0 aromatic rings. The van der Waals surface area contributed by atoms with Crippen LogP contribution in [0.1, 0.15) is 6.92 Å². The van der Waals surface area contributed by atoms with Crippen LogP contribution in [0.5, 0.6) is 0 Å². The number of carbonyl (C=O) groups excluding carboxylic acids is 1. The van der Waals surface area contributed by atoms with Crippen LogP contribution in [-0.4, -0.2) is 18.2 Å². The van der Waals surface area contributed by atoms with Gasteiger partial charge in [-0.3, -0.25) is 0 Å². The molecule has 0 saturated carbocycles. The summed E-state index contributed by atoms with van der Waals surface area (Å²) >= 11 is 4.66. The molecule has 0 N–H and O–H groups in total. The summed E-state index contributed by atoms with van der Waals surface area (Å²) in [5.41, 5.74) is -3.97. The van der Waals surface area contributed by atoms with Crippen molar-refractivity contribution in [1.29, 1.82) is 0 Å². The molecule has 0 rings (SSSR count). The number of hydrogen-bond acceptors (Lipinski definition) is 2.